The molecule has 1 aromatic rings. The van der Waals surface area contributed by atoms with Crippen molar-refractivity contribution < 1.29 is 4.39 Å². The van der Waals surface area contributed by atoms with Crippen molar-refractivity contribution in [1.29, 1.82) is 21.2 Å². The minimum atomic E-state index is -1.75. The highest BCUT2D eigenvalue weighted by molar-refractivity contribution is 6.00. The molecule has 0 spiro atoms. The molecular weight excluding hydrogens is 341 g/mol. The quantitative estimate of drug-likeness (QED) is 0.816. The molecule has 1 aliphatic carbocycles. The Kier molecular flexibility index (Phi) is 4.83. The van der Waals surface area contributed by atoms with Crippen molar-refractivity contribution >= 4 is 5.71 Å². The van der Waals surface area contributed by atoms with Crippen LogP contribution in [0.3, 0.4) is 0 Å². The van der Waals surface area contributed by atoms with Gasteiger partial charge in [-0.2, -0.15) is 15.8 Å². The number of nitrogens with one attached hydrogen (secondary N) is 1. The number of rotatable bonds is 2. The van der Waals surface area contributed by atoms with E-state index in [4.69, 9.17) is 5.41 Å². The fourth-order valence-electron chi connectivity index (χ4n) is 4.30. The van der Waals surface area contributed by atoms with Gasteiger partial charge in [-0.3, -0.25) is 4.90 Å². The van der Waals surface area contributed by atoms with E-state index in [9.17, 15) is 20.2 Å². The Morgan fingerprint density at radius 3 is 2.33 bits per heavy atom. The first-order chi connectivity index (χ1) is 12.9. The summed E-state index contributed by atoms with van der Waals surface area (Å²) in [6, 6.07) is 12.3. The van der Waals surface area contributed by atoms with Gasteiger partial charge in [-0.15, -0.1) is 0 Å². The van der Waals surface area contributed by atoms with Crippen LogP contribution in [-0.2, 0) is 0 Å². The molecule has 0 radical (unpaired) electrons. The topological polar surface area (TPSA) is 98.5 Å². The average molecular weight is 361 g/mol. The smallest absolute Gasteiger partial charge is 0.189 e. The Morgan fingerprint density at radius 2 is 1.81 bits per heavy atom. The Labute approximate surface area is 158 Å². The van der Waals surface area contributed by atoms with Crippen molar-refractivity contribution in [3.63, 3.8) is 0 Å². The van der Waals surface area contributed by atoms with Crippen molar-refractivity contribution in [3.8, 4) is 18.2 Å². The minimum absolute atomic E-state index is 0.176. The molecule has 1 aliphatic heterocycles. The van der Waals surface area contributed by atoms with Gasteiger partial charge in [0.25, 0.3) is 0 Å². The Hall–Kier alpha value is -3.01. The normalized spacial score (nSPS) is 27.1. The van der Waals surface area contributed by atoms with Crippen LogP contribution in [0.5, 0.6) is 0 Å². The summed E-state index contributed by atoms with van der Waals surface area (Å²) in [5.41, 5.74) is -0.484. The molecule has 1 heterocycles. The molecule has 0 bridgehead atoms. The molecule has 1 fully saturated rings. The van der Waals surface area contributed by atoms with E-state index in [1.807, 2.05) is 18.2 Å². The number of benzene rings is 1. The third-order valence-corrected chi connectivity index (χ3v) is 5.78. The summed E-state index contributed by atoms with van der Waals surface area (Å²) in [5, 5.41) is 38.1. The monoisotopic (exact) mass is 361 g/mol. The first kappa shape index (κ1) is 18.8. The zero-order valence-electron chi connectivity index (χ0n) is 15.3. The molecule has 0 amide bonds. The Bertz CT molecular complexity index is 896. The van der Waals surface area contributed by atoms with E-state index in [2.05, 4.69) is 24.8 Å². The molecule has 1 aromatic carbocycles. The van der Waals surface area contributed by atoms with Crippen molar-refractivity contribution in [2.24, 2.45) is 17.3 Å². The van der Waals surface area contributed by atoms with Crippen LogP contribution in [0.15, 0.2) is 35.9 Å². The average Bonchev–Trinajstić information content (AvgIpc) is 2.67. The molecule has 27 heavy (non-hydrogen) atoms. The van der Waals surface area contributed by atoms with Crippen LogP contribution in [0, 0.1) is 62.5 Å². The van der Waals surface area contributed by atoms with Crippen molar-refractivity contribution in [1.82, 2.24) is 4.90 Å². The Morgan fingerprint density at radius 1 is 1.19 bits per heavy atom. The lowest BCUT2D eigenvalue weighted by Crippen LogP contribution is -2.53. The van der Waals surface area contributed by atoms with E-state index in [1.54, 1.807) is 12.1 Å². The summed E-state index contributed by atoms with van der Waals surface area (Å²) in [5.74, 6) is -2.16. The second kappa shape index (κ2) is 6.95. The fraction of sp³-hybridized carbons (Fsp3) is 0.429. The molecule has 5 nitrogen and oxygen atoms in total. The maximum atomic E-state index is 13.5. The van der Waals surface area contributed by atoms with Gasteiger partial charge in [-0.25, -0.2) is 4.39 Å². The van der Waals surface area contributed by atoms with Crippen LogP contribution in [0.4, 0.5) is 4.39 Å². The van der Waals surface area contributed by atoms with Gasteiger partial charge in [0.2, 0.25) is 0 Å². The molecule has 0 saturated heterocycles. The predicted molar refractivity (Wildman–Crippen MR) is 97.9 cm³/mol. The van der Waals surface area contributed by atoms with Crippen LogP contribution in [0.1, 0.15) is 25.3 Å². The van der Waals surface area contributed by atoms with Gasteiger partial charge in [0.1, 0.15) is 11.7 Å². The molecule has 1 saturated carbocycles. The van der Waals surface area contributed by atoms with Crippen LogP contribution in [-0.4, -0.2) is 29.7 Å². The van der Waals surface area contributed by atoms with Gasteiger partial charge in [0.05, 0.1) is 23.9 Å². The summed E-state index contributed by atoms with van der Waals surface area (Å²) < 4.78 is 13.5. The van der Waals surface area contributed by atoms with Crippen LogP contribution < -0.4 is 0 Å². The zero-order valence-corrected chi connectivity index (χ0v) is 15.3. The molecule has 6 heteroatoms. The summed E-state index contributed by atoms with van der Waals surface area (Å²) in [6.45, 7) is 5.39. The predicted octanol–water partition coefficient (Wildman–Crippen LogP) is 3.38. The van der Waals surface area contributed by atoms with E-state index in [-0.39, 0.29) is 17.7 Å². The lowest BCUT2D eigenvalue weighted by atomic mass is 9.54. The second-order valence-corrected chi connectivity index (χ2v) is 7.39. The maximum Gasteiger partial charge on any atom is 0.189 e. The SMILES string of the molecule is CC(C)N1CC=C2C(C#N)C(=N)C(C#N)(C#N)[C@@H](c3ccc(F)cc3)[C@@H]2C1. The van der Waals surface area contributed by atoms with Gasteiger partial charge >= 0.3 is 0 Å². The zero-order chi connectivity index (χ0) is 19.8. The van der Waals surface area contributed by atoms with Crippen LogP contribution >= 0.6 is 0 Å². The Balaban J connectivity index is 2.23. The van der Waals surface area contributed by atoms with Gasteiger partial charge in [0.15, 0.2) is 5.41 Å². The standard InChI is InChI=1S/C21H20FN5/c1-13(2)27-8-7-16-17(9-23)20(26)21(11-24,12-25)19(18(16)10-27)14-3-5-15(22)6-4-14/h3-7,13,17-19,26H,8,10H2,1-2H3/t17?,18-,19+/m1/s1. The van der Waals surface area contributed by atoms with E-state index in [1.165, 1.54) is 12.1 Å². The third kappa shape index (κ3) is 2.81. The van der Waals surface area contributed by atoms with Gasteiger partial charge < -0.3 is 5.41 Å². The van der Waals surface area contributed by atoms with E-state index >= 15 is 0 Å². The first-order valence-corrected chi connectivity index (χ1v) is 8.90. The number of nitriles is 3. The first-order valence-electron chi connectivity index (χ1n) is 8.90. The molecule has 1 unspecified atom stereocenters. The number of fused-ring (bicyclic) bond motifs is 1. The largest absolute Gasteiger partial charge is 0.305 e. The molecule has 136 valence electrons. The summed E-state index contributed by atoms with van der Waals surface area (Å²) in [7, 11) is 0. The molecular formula is C21H20FN5. The van der Waals surface area contributed by atoms with E-state index < -0.39 is 23.1 Å². The number of hydrogen-bond acceptors (Lipinski definition) is 5. The summed E-state index contributed by atoms with van der Waals surface area (Å²) in [6.07, 6.45) is 1.96. The number of nitrogens with zero attached hydrogens (tertiary/aromatic N) is 4. The maximum absolute atomic E-state index is 13.5. The summed E-state index contributed by atoms with van der Waals surface area (Å²) in [4.78, 5) is 2.22. The third-order valence-electron chi connectivity index (χ3n) is 5.78. The molecule has 3 atom stereocenters. The van der Waals surface area contributed by atoms with Gasteiger partial charge in [0, 0.05) is 31.0 Å². The highest BCUT2D eigenvalue weighted by Crippen LogP contribution is 2.53. The van der Waals surface area contributed by atoms with Crippen molar-refractivity contribution in [2.45, 2.75) is 25.8 Å². The van der Waals surface area contributed by atoms with Crippen molar-refractivity contribution in [3.05, 3.63) is 47.3 Å². The molecule has 2 aliphatic rings. The van der Waals surface area contributed by atoms with Crippen molar-refractivity contribution in [2.75, 3.05) is 13.1 Å². The van der Waals surface area contributed by atoms with E-state index in [0.717, 1.165) is 5.57 Å². The lowest BCUT2D eigenvalue weighted by molar-refractivity contribution is 0.171. The number of hydrogen-bond donors (Lipinski definition) is 1. The molecule has 1 N–H and O–H groups in total. The molecule has 0 aromatic heterocycles. The van der Waals surface area contributed by atoms with Gasteiger partial charge in [-0.05, 0) is 37.1 Å². The van der Waals surface area contributed by atoms with Crippen LogP contribution in [0.25, 0.3) is 0 Å². The van der Waals surface area contributed by atoms with Gasteiger partial charge in [-0.1, -0.05) is 18.2 Å². The minimum Gasteiger partial charge on any atom is -0.305 e. The summed E-state index contributed by atoms with van der Waals surface area (Å²) >= 11 is 0. The van der Waals surface area contributed by atoms with Crippen LogP contribution in [0.2, 0.25) is 0 Å². The highest BCUT2D eigenvalue weighted by Gasteiger charge is 2.57. The lowest BCUT2D eigenvalue weighted by Gasteiger charge is -2.48. The number of halogens is 1. The molecule has 3 rings (SSSR count). The highest BCUT2D eigenvalue weighted by atomic mass is 19.1. The van der Waals surface area contributed by atoms with E-state index in [0.29, 0.717) is 18.7 Å². The second-order valence-electron chi connectivity index (χ2n) is 7.39. The fourth-order valence-corrected chi connectivity index (χ4v) is 4.30.